The van der Waals surface area contributed by atoms with E-state index in [-0.39, 0.29) is 0 Å². The molecular weight excluding hydrogens is 274 g/mol. The summed E-state index contributed by atoms with van der Waals surface area (Å²) in [6.45, 7) is 19.0. The predicted molar refractivity (Wildman–Crippen MR) is 96.5 cm³/mol. The van der Waals surface area contributed by atoms with Gasteiger partial charge in [0, 0.05) is 44.8 Å². The number of hydrogen-bond acceptors (Lipinski definition) is 3. The molecule has 0 radical (unpaired) electrons. The van der Waals surface area contributed by atoms with Gasteiger partial charge in [0.1, 0.15) is 0 Å². The number of aliphatic imine (C=N–C) groups is 1. The molecule has 1 heterocycles. The maximum Gasteiger partial charge on any atom is 0.191 e. The number of nitrogens with one attached hydrogen (secondary N) is 2. The smallest absolute Gasteiger partial charge is 0.191 e. The van der Waals surface area contributed by atoms with Gasteiger partial charge in [0.2, 0.25) is 0 Å². The third-order valence-electron chi connectivity index (χ3n) is 4.92. The minimum Gasteiger partial charge on any atom is -0.355 e. The molecule has 0 aliphatic carbocycles. The lowest BCUT2D eigenvalue weighted by Crippen LogP contribution is -2.50. The number of guanidine groups is 1. The van der Waals surface area contributed by atoms with Crippen LogP contribution < -0.4 is 10.6 Å². The Bertz CT molecular complexity index is 338. The van der Waals surface area contributed by atoms with E-state index < -0.39 is 0 Å². The summed E-state index contributed by atoms with van der Waals surface area (Å²) in [7, 11) is 1.86. The second-order valence-electron chi connectivity index (χ2n) is 6.80. The van der Waals surface area contributed by atoms with E-state index in [0.717, 1.165) is 32.1 Å². The molecule has 5 heteroatoms. The van der Waals surface area contributed by atoms with Gasteiger partial charge in [-0.15, -0.1) is 0 Å². The highest BCUT2D eigenvalue weighted by Gasteiger charge is 2.31. The molecule has 0 bridgehead atoms. The van der Waals surface area contributed by atoms with Gasteiger partial charge in [-0.05, 0) is 39.8 Å². The summed E-state index contributed by atoms with van der Waals surface area (Å²) in [5.74, 6) is 1.59. The van der Waals surface area contributed by atoms with Crippen molar-refractivity contribution >= 4 is 5.96 Å². The van der Waals surface area contributed by atoms with E-state index in [4.69, 9.17) is 0 Å². The molecule has 5 nitrogen and oxygen atoms in total. The van der Waals surface area contributed by atoms with Crippen LogP contribution in [0.2, 0.25) is 0 Å². The molecule has 22 heavy (non-hydrogen) atoms. The fourth-order valence-corrected chi connectivity index (χ4v) is 3.20. The lowest BCUT2D eigenvalue weighted by Gasteiger charge is -2.28. The average molecular weight is 312 g/mol. The van der Waals surface area contributed by atoms with Crippen molar-refractivity contribution in [3.05, 3.63) is 0 Å². The molecule has 0 amide bonds. The van der Waals surface area contributed by atoms with Crippen molar-refractivity contribution in [1.29, 1.82) is 0 Å². The molecule has 3 atom stereocenters. The van der Waals surface area contributed by atoms with Crippen molar-refractivity contribution < 1.29 is 0 Å². The molecule has 0 aromatic carbocycles. The molecule has 0 spiro atoms. The van der Waals surface area contributed by atoms with Crippen molar-refractivity contribution in [2.45, 2.75) is 59.7 Å². The van der Waals surface area contributed by atoms with E-state index in [1.807, 2.05) is 7.05 Å². The van der Waals surface area contributed by atoms with Gasteiger partial charge in [0.15, 0.2) is 5.96 Å². The van der Waals surface area contributed by atoms with Crippen LogP contribution >= 0.6 is 0 Å². The number of rotatable bonds is 7. The second kappa shape index (κ2) is 9.36. The van der Waals surface area contributed by atoms with Crippen LogP contribution in [0.25, 0.3) is 0 Å². The molecule has 1 fully saturated rings. The summed E-state index contributed by atoms with van der Waals surface area (Å²) < 4.78 is 0. The molecule has 3 unspecified atom stereocenters. The quantitative estimate of drug-likeness (QED) is 0.554. The summed E-state index contributed by atoms with van der Waals surface area (Å²) in [5.41, 5.74) is 0. The first-order valence-corrected chi connectivity index (χ1v) is 8.88. The molecule has 1 aliphatic heterocycles. The largest absolute Gasteiger partial charge is 0.355 e. The molecule has 0 aromatic heterocycles. The van der Waals surface area contributed by atoms with Gasteiger partial charge in [-0.25, -0.2) is 0 Å². The predicted octanol–water partition coefficient (Wildman–Crippen LogP) is 1.61. The van der Waals surface area contributed by atoms with E-state index in [2.05, 4.69) is 67.0 Å². The van der Waals surface area contributed by atoms with Crippen molar-refractivity contribution in [2.75, 3.05) is 39.8 Å². The first-order valence-electron chi connectivity index (χ1n) is 8.88. The molecule has 1 saturated heterocycles. The molecule has 0 saturated carbocycles. The second-order valence-corrected chi connectivity index (χ2v) is 6.80. The summed E-state index contributed by atoms with van der Waals surface area (Å²) in [4.78, 5) is 9.39. The fraction of sp³-hybridized carbons (Fsp3) is 0.941. The van der Waals surface area contributed by atoms with Crippen LogP contribution in [0.4, 0.5) is 0 Å². The van der Waals surface area contributed by atoms with Crippen molar-refractivity contribution in [1.82, 2.24) is 20.4 Å². The minimum atomic E-state index is 0.484. The Kier molecular flexibility index (Phi) is 8.18. The average Bonchev–Trinajstić information content (AvgIpc) is 2.86. The summed E-state index contributed by atoms with van der Waals surface area (Å²) in [5, 5.41) is 7.10. The van der Waals surface area contributed by atoms with E-state index >= 15 is 0 Å². The monoisotopic (exact) mass is 311 g/mol. The Morgan fingerprint density at radius 3 is 2.32 bits per heavy atom. The first-order chi connectivity index (χ1) is 10.4. The van der Waals surface area contributed by atoms with Crippen LogP contribution in [-0.2, 0) is 0 Å². The normalized spacial score (nSPS) is 25.0. The van der Waals surface area contributed by atoms with Crippen LogP contribution in [-0.4, -0.2) is 73.7 Å². The van der Waals surface area contributed by atoms with E-state index in [0.29, 0.717) is 24.0 Å². The number of hydrogen-bond donors (Lipinski definition) is 2. The molecule has 130 valence electrons. The fourth-order valence-electron chi connectivity index (χ4n) is 3.20. The first kappa shape index (κ1) is 19.2. The zero-order valence-corrected chi connectivity index (χ0v) is 15.7. The zero-order chi connectivity index (χ0) is 16.7. The van der Waals surface area contributed by atoms with Crippen LogP contribution in [0.1, 0.15) is 41.5 Å². The van der Waals surface area contributed by atoms with E-state index in [1.54, 1.807) is 0 Å². The maximum absolute atomic E-state index is 4.40. The lowest BCUT2D eigenvalue weighted by atomic mass is 10.1. The van der Waals surface area contributed by atoms with Crippen molar-refractivity contribution in [2.24, 2.45) is 10.9 Å². The van der Waals surface area contributed by atoms with Gasteiger partial charge in [0.25, 0.3) is 0 Å². The summed E-state index contributed by atoms with van der Waals surface area (Å²) in [6.07, 6.45) is 0. The van der Waals surface area contributed by atoms with Gasteiger partial charge in [-0.1, -0.05) is 20.8 Å². The van der Waals surface area contributed by atoms with Gasteiger partial charge in [0.05, 0.1) is 0 Å². The van der Waals surface area contributed by atoms with Crippen LogP contribution in [0.5, 0.6) is 0 Å². The maximum atomic E-state index is 4.40. The van der Waals surface area contributed by atoms with Gasteiger partial charge in [-0.3, -0.25) is 14.8 Å². The zero-order valence-electron chi connectivity index (χ0n) is 15.7. The van der Waals surface area contributed by atoms with Crippen LogP contribution in [0.3, 0.4) is 0 Å². The molecule has 1 rings (SSSR count). The van der Waals surface area contributed by atoms with Crippen molar-refractivity contribution in [3.63, 3.8) is 0 Å². The van der Waals surface area contributed by atoms with Crippen LogP contribution in [0.15, 0.2) is 4.99 Å². The van der Waals surface area contributed by atoms with Gasteiger partial charge < -0.3 is 10.6 Å². The lowest BCUT2D eigenvalue weighted by molar-refractivity contribution is 0.231. The SMILES string of the molecule is CCN(CC)C(C)CNC(=NC)NC1CN(C(C)C)CC1C. The Morgan fingerprint density at radius 2 is 1.86 bits per heavy atom. The third kappa shape index (κ3) is 5.43. The Morgan fingerprint density at radius 1 is 1.23 bits per heavy atom. The van der Waals surface area contributed by atoms with Gasteiger partial charge in [-0.2, -0.15) is 0 Å². The Hall–Kier alpha value is -0.810. The minimum absolute atomic E-state index is 0.484. The topological polar surface area (TPSA) is 42.9 Å². The van der Waals surface area contributed by atoms with Crippen molar-refractivity contribution in [3.8, 4) is 0 Å². The molecule has 1 aliphatic rings. The number of likely N-dealkylation sites (tertiary alicyclic amines) is 1. The third-order valence-corrected chi connectivity index (χ3v) is 4.92. The highest BCUT2D eigenvalue weighted by molar-refractivity contribution is 5.80. The van der Waals surface area contributed by atoms with E-state index in [1.165, 1.54) is 6.54 Å². The summed E-state index contributed by atoms with van der Waals surface area (Å²) in [6, 6.07) is 1.62. The molecule has 0 aromatic rings. The summed E-state index contributed by atoms with van der Waals surface area (Å²) >= 11 is 0. The highest BCUT2D eigenvalue weighted by atomic mass is 15.3. The number of nitrogens with zero attached hydrogens (tertiary/aromatic N) is 3. The highest BCUT2D eigenvalue weighted by Crippen LogP contribution is 2.18. The standard InChI is InChI=1S/C17H37N5/c1-8-21(9-2)15(6)10-19-17(18-7)20-16-12-22(13(3)4)11-14(16)5/h13-16H,8-12H2,1-7H3,(H2,18,19,20). The number of likely N-dealkylation sites (N-methyl/N-ethyl adjacent to an activating group) is 1. The Balaban J connectivity index is 2.46. The van der Waals surface area contributed by atoms with E-state index in [9.17, 15) is 0 Å². The molecular formula is C17H37N5. The van der Waals surface area contributed by atoms with Crippen LogP contribution in [0, 0.1) is 5.92 Å². The Labute approximate surface area is 137 Å². The molecule has 2 N–H and O–H groups in total. The van der Waals surface area contributed by atoms with Gasteiger partial charge >= 0.3 is 0 Å².